The van der Waals surface area contributed by atoms with Crippen molar-refractivity contribution in [1.82, 2.24) is 19.6 Å². The van der Waals surface area contributed by atoms with E-state index < -0.39 is 0 Å². The summed E-state index contributed by atoms with van der Waals surface area (Å²) in [5.74, 6) is 0.685. The summed E-state index contributed by atoms with van der Waals surface area (Å²) in [6.45, 7) is 2.00. The van der Waals surface area contributed by atoms with E-state index in [0.717, 1.165) is 21.8 Å². The average Bonchev–Trinajstić information content (AvgIpc) is 3.14. The highest BCUT2D eigenvalue weighted by Gasteiger charge is 2.17. The number of nitrogens with zero attached hydrogens (tertiary/aromatic N) is 4. The zero-order valence-electron chi connectivity index (χ0n) is 12.7. The molecular weight excluding hydrogens is 326 g/mol. The molecule has 0 radical (unpaired) electrons. The SMILES string of the molecule is CC(Sc1n[nH]c2nc3ccccc3n12)c1cccc([N+](=O)[O-])c1. The van der Waals surface area contributed by atoms with Gasteiger partial charge in [0, 0.05) is 17.4 Å². The molecule has 4 rings (SSSR count). The summed E-state index contributed by atoms with van der Waals surface area (Å²) in [6, 6.07) is 14.5. The lowest BCUT2D eigenvalue weighted by Crippen LogP contribution is -1.94. The number of thioether (sulfide) groups is 1. The molecule has 1 N–H and O–H groups in total. The van der Waals surface area contributed by atoms with Gasteiger partial charge in [-0.15, -0.1) is 5.10 Å². The number of aromatic nitrogens is 4. The summed E-state index contributed by atoms with van der Waals surface area (Å²) in [4.78, 5) is 15.1. The third kappa shape index (κ3) is 2.41. The number of aromatic amines is 1. The monoisotopic (exact) mass is 339 g/mol. The molecule has 0 amide bonds. The molecule has 0 aliphatic carbocycles. The molecule has 0 bridgehead atoms. The van der Waals surface area contributed by atoms with E-state index in [4.69, 9.17) is 0 Å². The third-order valence-corrected chi connectivity index (χ3v) is 4.95. The predicted octanol–water partition coefficient (Wildman–Crippen LogP) is 3.97. The van der Waals surface area contributed by atoms with Gasteiger partial charge in [-0.3, -0.25) is 14.5 Å². The number of H-pyrrole nitrogens is 1. The highest BCUT2D eigenvalue weighted by molar-refractivity contribution is 7.99. The first-order valence-corrected chi connectivity index (χ1v) is 8.24. The van der Waals surface area contributed by atoms with Gasteiger partial charge in [0.2, 0.25) is 5.78 Å². The molecule has 2 heterocycles. The van der Waals surface area contributed by atoms with Crippen molar-refractivity contribution in [3.63, 3.8) is 0 Å². The molecule has 1 unspecified atom stereocenters. The molecule has 0 saturated carbocycles. The van der Waals surface area contributed by atoms with Crippen LogP contribution in [0.5, 0.6) is 0 Å². The Morgan fingerprint density at radius 1 is 1.25 bits per heavy atom. The van der Waals surface area contributed by atoms with Crippen LogP contribution in [0.4, 0.5) is 5.69 Å². The van der Waals surface area contributed by atoms with Crippen LogP contribution in [0.15, 0.2) is 53.7 Å². The van der Waals surface area contributed by atoms with E-state index >= 15 is 0 Å². The second-order valence-corrected chi connectivity index (χ2v) is 6.69. The lowest BCUT2D eigenvalue weighted by Gasteiger charge is -2.09. The number of nitro benzene ring substituents is 1. The summed E-state index contributed by atoms with van der Waals surface area (Å²) < 4.78 is 1.97. The highest BCUT2D eigenvalue weighted by Crippen LogP contribution is 2.36. The van der Waals surface area contributed by atoms with Gasteiger partial charge in [0.1, 0.15) is 0 Å². The quantitative estimate of drug-likeness (QED) is 0.345. The van der Waals surface area contributed by atoms with E-state index in [2.05, 4.69) is 15.2 Å². The van der Waals surface area contributed by atoms with Crippen molar-refractivity contribution in [1.29, 1.82) is 0 Å². The smallest absolute Gasteiger partial charge is 0.258 e. The van der Waals surface area contributed by atoms with Gasteiger partial charge in [-0.25, -0.2) is 10.1 Å². The predicted molar refractivity (Wildman–Crippen MR) is 92.2 cm³/mol. The first-order chi connectivity index (χ1) is 11.6. The number of hydrogen-bond acceptors (Lipinski definition) is 5. The van der Waals surface area contributed by atoms with Crippen LogP contribution in [0, 0.1) is 10.1 Å². The minimum atomic E-state index is -0.378. The number of fused-ring (bicyclic) bond motifs is 3. The molecule has 0 saturated heterocycles. The van der Waals surface area contributed by atoms with Crippen LogP contribution >= 0.6 is 11.8 Å². The summed E-state index contributed by atoms with van der Waals surface area (Å²) in [7, 11) is 0. The number of hydrogen-bond donors (Lipinski definition) is 1. The van der Waals surface area contributed by atoms with Crippen molar-refractivity contribution < 1.29 is 4.92 Å². The van der Waals surface area contributed by atoms with Crippen molar-refractivity contribution >= 4 is 34.3 Å². The summed E-state index contributed by atoms with van der Waals surface area (Å²) in [6.07, 6.45) is 0. The number of non-ortho nitro benzene ring substituents is 1. The highest BCUT2D eigenvalue weighted by atomic mass is 32.2. The number of para-hydroxylation sites is 2. The molecule has 0 fully saturated rings. The Labute approximate surface area is 140 Å². The molecule has 0 spiro atoms. The molecular formula is C16H13N5O2S. The number of benzene rings is 2. The molecule has 120 valence electrons. The first-order valence-electron chi connectivity index (χ1n) is 7.36. The molecule has 2 aromatic carbocycles. The Morgan fingerprint density at radius 2 is 2.08 bits per heavy atom. The Bertz CT molecular complexity index is 1050. The number of nitrogens with one attached hydrogen (secondary N) is 1. The van der Waals surface area contributed by atoms with Gasteiger partial charge < -0.3 is 0 Å². The van der Waals surface area contributed by atoms with E-state index in [1.165, 1.54) is 17.8 Å². The van der Waals surface area contributed by atoms with Gasteiger partial charge in [-0.2, -0.15) is 0 Å². The van der Waals surface area contributed by atoms with Crippen molar-refractivity contribution in [3.05, 3.63) is 64.2 Å². The van der Waals surface area contributed by atoms with Crippen molar-refractivity contribution in [3.8, 4) is 0 Å². The standard InChI is InChI=1S/C16H13N5O2S/c1-10(11-5-4-6-12(9-11)21(22)23)24-16-19-18-15-17-13-7-2-3-8-14(13)20(15)16/h2-10H,1H3,(H,17,18). The Balaban J connectivity index is 1.71. The van der Waals surface area contributed by atoms with Gasteiger partial charge in [-0.1, -0.05) is 36.0 Å². The van der Waals surface area contributed by atoms with Crippen LogP contribution in [0.1, 0.15) is 17.7 Å². The maximum atomic E-state index is 10.9. The summed E-state index contributed by atoms with van der Waals surface area (Å²) >= 11 is 1.53. The maximum Gasteiger partial charge on any atom is 0.269 e. The molecule has 7 nitrogen and oxygen atoms in total. The molecule has 8 heteroatoms. The van der Waals surface area contributed by atoms with E-state index in [1.54, 1.807) is 12.1 Å². The van der Waals surface area contributed by atoms with Crippen molar-refractivity contribution in [2.75, 3.05) is 0 Å². The van der Waals surface area contributed by atoms with Crippen molar-refractivity contribution in [2.24, 2.45) is 0 Å². The molecule has 0 aliphatic heterocycles. The van der Waals surface area contributed by atoms with Gasteiger partial charge in [0.15, 0.2) is 5.16 Å². The lowest BCUT2D eigenvalue weighted by molar-refractivity contribution is -0.384. The molecule has 0 aliphatic rings. The van der Waals surface area contributed by atoms with E-state index in [-0.39, 0.29) is 15.9 Å². The molecule has 1 atom stereocenters. The summed E-state index contributed by atoms with van der Waals surface area (Å²) in [5.41, 5.74) is 2.86. The van der Waals surface area contributed by atoms with Crippen molar-refractivity contribution in [2.45, 2.75) is 17.3 Å². The number of rotatable bonds is 4. The van der Waals surface area contributed by atoms with Gasteiger partial charge in [-0.05, 0) is 24.6 Å². The fourth-order valence-corrected chi connectivity index (χ4v) is 3.63. The van der Waals surface area contributed by atoms with Gasteiger partial charge >= 0.3 is 0 Å². The Morgan fingerprint density at radius 3 is 2.92 bits per heavy atom. The zero-order chi connectivity index (χ0) is 16.7. The minimum Gasteiger partial charge on any atom is -0.258 e. The van der Waals surface area contributed by atoms with Crippen LogP contribution in [-0.4, -0.2) is 24.5 Å². The van der Waals surface area contributed by atoms with E-state index in [9.17, 15) is 10.1 Å². The Kier molecular flexibility index (Phi) is 3.46. The molecule has 2 aromatic heterocycles. The largest absolute Gasteiger partial charge is 0.269 e. The van der Waals surface area contributed by atoms with Crippen LogP contribution in [-0.2, 0) is 0 Å². The summed E-state index contributed by atoms with van der Waals surface area (Å²) in [5, 5.41) is 19.0. The first kappa shape index (κ1) is 14.7. The second-order valence-electron chi connectivity index (χ2n) is 5.38. The van der Waals surface area contributed by atoms with Gasteiger partial charge in [0.05, 0.1) is 16.0 Å². The average molecular weight is 339 g/mol. The normalized spacial score (nSPS) is 12.7. The topological polar surface area (TPSA) is 89.1 Å². The second kappa shape index (κ2) is 5.64. The fourth-order valence-electron chi connectivity index (χ4n) is 2.64. The number of imidazole rings is 1. The van der Waals surface area contributed by atoms with Gasteiger partial charge in [0.25, 0.3) is 5.69 Å². The zero-order valence-corrected chi connectivity index (χ0v) is 13.5. The maximum absolute atomic E-state index is 10.9. The van der Waals surface area contributed by atoms with E-state index in [1.807, 2.05) is 41.7 Å². The number of nitro groups is 1. The van der Waals surface area contributed by atoms with Crippen LogP contribution < -0.4 is 0 Å². The minimum absolute atomic E-state index is 0.0116. The Hall–Kier alpha value is -2.87. The van der Waals surface area contributed by atoms with Crippen LogP contribution in [0.25, 0.3) is 16.8 Å². The molecule has 24 heavy (non-hydrogen) atoms. The fraction of sp³-hybridized carbons (Fsp3) is 0.125. The van der Waals surface area contributed by atoms with Crippen LogP contribution in [0.2, 0.25) is 0 Å². The lowest BCUT2D eigenvalue weighted by atomic mass is 10.1. The third-order valence-electron chi connectivity index (χ3n) is 3.84. The van der Waals surface area contributed by atoms with E-state index in [0.29, 0.717) is 5.78 Å². The molecule has 4 aromatic rings. The van der Waals surface area contributed by atoms with Crippen LogP contribution in [0.3, 0.4) is 0 Å².